The summed E-state index contributed by atoms with van der Waals surface area (Å²) in [5.41, 5.74) is 3.37. The molecule has 2 aromatic carbocycles. The van der Waals surface area contributed by atoms with Crippen molar-refractivity contribution < 1.29 is 9.13 Å². The molecule has 3 heteroatoms. The normalized spacial score (nSPS) is 10.6. The monoisotopic (exact) mass is 287 g/mol. The van der Waals surface area contributed by atoms with E-state index >= 15 is 0 Å². The molecule has 0 aliphatic rings. The van der Waals surface area contributed by atoms with Crippen LogP contribution in [-0.4, -0.2) is 13.1 Å². The Balaban J connectivity index is 2.04. The minimum absolute atomic E-state index is 0.268. The van der Waals surface area contributed by atoms with Gasteiger partial charge in [0.1, 0.15) is 18.2 Å². The number of hydrogen-bond acceptors (Lipinski definition) is 2. The van der Waals surface area contributed by atoms with Crippen LogP contribution >= 0.6 is 0 Å². The van der Waals surface area contributed by atoms with Crippen LogP contribution in [0.25, 0.3) is 0 Å². The zero-order valence-electron chi connectivity index (χ0n) is 12.7. The summed E-state index contributed by atoms with van der Waals surface area (Å²) >= 11 is 0. The van der Waals surface area contributed by atoms with Crippen molar-refractivity contribution in [3.63, 3.8) is 0 Å². The number of halogens is 1. The van der Waals surface area contributed by atoms with Crippen LogP contribution < -0.4 is 10.1 Å². The van der Waals surface area contributed by atoms with Crippen LogP contribution in [0.15, 0.2) is 42.5 Å². The van der Waals surface area contributed by atoms with Gasteiger partial charge in [0.25, 0.3) is 0 Å². The maximum Gasteiger partial charge on any atom is 0.126 e. The summed E-state index contributed by atoms with van der Waals surface area (Å²) in [6.45, 7) is 6.41. The molecule has 0 amide bonds. The topological polar surface area (TPSA) is 21.3 Å². The van der Waals surface area contributed by atoms with E-state index < -0.39 is 0 Å². The van der Waals surface area contributed by atoms with E-state index in [4.69, 9.17) is 4.74 Å². The molecule has 0 radical (unpaired) electrons. The molecule has 0 unspecified atom stereocenters. The van der Waals surface area contributed by atoms with Crippen LogP contribution in [0.4, 0.5) is 4.39 Å². The van der Waals surface area contributed by atoms with Crippen molar-refractivity contribution in [3.05, 3.63) is 65.0 Å². The minimum atomic E-state index is -0.268. The first-order valence-corrected chi connectivity index (χ1v) is 7.37. The van der Waals surface area contributed by atoms with E-state index in [1.807, 2.05) is 19.1 Å². The van der Waals surface area contributed by atoms with Crippen molar-refractivity contribution in [2.24, 2.45) is 0 Å². The first kappa shape index (κ1) is 15.5. The third-order valence-electron chi connectivity index (χ3n) is 3.47. The van der Waals surface area contributed by atoms with Gasteiger partial charge in [0, 0.05) is 6.07 Å². The fourth-order valence-corrected chi connectivity index (χ4v) is 2.23. The van der Waals surface area contributed by atoms with Gasteiger partial charge in [-0.25, -0.2) is 4.39 Å². The number of aryl methyl sites for hydroxylation is 1. The van der Waals surface area contributed by atoms with Gasteiger partial charge in [-0.3, -0.25) is 0 Å². The van der Waals surface area contributed by atoms with Crippen LogP contribution in [0.3, 0.4) is 0 Å². The molecule has 0 aliphatic carbocycles. The number of benzene rings is 2. The Morgan fingerprint density at radius 3 is 2.62 bits per heavy atom. The van der Waals surface area contributed by atoms with E-state index in [1.54, 1.807) is 6.07 Å². The smallest absolute Gasteiger partial charge is 0.126 e. The fourth-order valence-electron chi connectivity index (χ4n) is 2.23. The fraction of sp³-hybridized carbons (Fsp3) is 0.333. The van der Waals surface area contributed by atoms with Gasteiger partial charge in [0.2, 0.25) is 0 Å². The van der Waals surface area contributed by atoms with Gasteiger partial charge in [-0.15, -0.1) is 0 Å². The van der Waals surface area contributed by atoms with Gasteiger partial charge in [0.15, 0.2) is 0 Å². The summed E-state index contributed by atoms with van der Waals surface area (Å²) in [7, 11) is 0. The Bertz CT molecular complexity index is 583. The molecule has 2 aromatic rings. The van der Waals surface area contributed by atoms with E-state index in [9.17, 15) is 4.39 Å². The molecule has 0 fully saturated rings. The number of hydrogen-bond donors (Lipinski definition) is 1. The summed E-state index contributed by atoms with van der Waals surface area (Å²) in [6, 6.07) is 12.9. The highest BCUT2D eigenvalue weighted by atomic mass is 19.1. The van der Waals surface area contributed by atoms with Crippen molar-refractivity contribution in [2.45, 2.75) is 26.9 Å². The maximum absolute atomic E-state index is 13.3. The highest BCUT2D eigenvalue weighted by molar-refractivity contribution is 5.34. The zero-order valence-corrected chi connectivity index (χ0v) is 12.7. The first-order chi connectivity index (χ1) is 10.2. The molecule has 0 saturated heterocycles. The summed E-state index contributed by atoms with van der Waals surface area (Å²) in [5, 5.41) is 3.32. The Labute approximate surface area is 126 Å². The van der Waals surface area contributed by atoms with Gasteiger partial charge in [-0.2, -0.15) is 0 Å². The SMILES string of the molecule is CCNCCc1ccccc1COc1cc(F)ccc1C. The molecule has 0 atom stereocenters. The van der Waals surface area contributed by atoms with Crippen LogP contribution in [0, 0.1) is 12.7 Å². The van der Waals surface area contributed by atoms with Crippen LogP contribution in [0.1, 0.15) is 23.6 Å². The lowest BCUT2D eigenvalue weighted by Crippen LogP contribution is -2.17. The maximum atomic E-state index is 13.3. The molecule has 0 bridgehead atoms. The van der Waals surface area contributed by atoms with Gasteiger partial charge < -0.3 is 10.1 Å². The van der Waals surface area contributed by atoms with E-state index in [2.05, 4.69) is 24.4 Å². The van der Waals surface area contributed by atoms with Crippen LogP contribution in [0.5, 0.6) is 5.75 Å². The highest BCUT2D eigenvalue weighted by Gasteiger charge is 2.05. The Morgan fingerprint density at radius 2 is 1.86 bits per heavy atom. The van der Waals surface area contributed by atoms with Crippen molar-refractivity contribution in [2.75, 3.05) is 13.1 Å². The molecule has 0 spiro atoms. The third kappa shape index (κ3) is 4.57. The van der Waals surface area contributed by atoms with E-state index in [0.717, 1.165) is 30.6 Å². The van der Waals surface area contributed by atoms with Crippen molar-refractivity contribution >= 4 is 0 Å². The van der Waals surface area contributed by atoms with Crippen molar-refractivity contribution in [1.82, 2.24) is 5.32 Å². The predicted molar refractivity (Wildman–Crippen MR) is 84.2 cm³/mol. The third-order valence-corrected chi connectivity index (χ3v) is 3.47. The second-order valence-corrected chi connectivity index (χ2v) is 5.07. The average molecular weight is 287 g/mol. The molecule has 21 heavy (non-hydrogen) atoms. The molecule has 0 aromatic heterocycles. The largest absolute Gasteiger partial charge is 0.489 e. The molecular weight excluding hydrogens is 265 g/mol. The van der Waals surface area contributed by atoms with Crippen molar-refractivity contribution in [1.29, 1.82) is 0 Å². The van der Waals surface area contributed by atoms with Crippen molar-refractivity contribution in [3.8, 4) is 5.75 Å². The molecule has 2 nitrogen and oxygen atoms in total. The summed E-state index contributed by atoms with van der Waals surface area (Å²) in [6.07, 6.45) is 0.968. The summed E-state index contributed by atoms with van der Waals surface area (Å²) in [4.78, 5) is 0. The van der Waals surface area contributed by atoms with Gasteiger partial charge >= 0.3 is 0 Å². The van der Waals surface area contributed by atoms with Gasteiger partial charge in [-0.05, 0) is 49.2 Å². The van der Waals surface area contributed by atoms with Crippen LogP contribution in [0.2, 0.25) is 0 Å². The Morgan fingerprint density at radius 1 is 1.10 bits per heavy atom. The second-order valence-electron chi connectivity index (χ2n) is 5.07. The lowest BCUT2D eigenvalue weighted by Gasteiger charge is -2.13. The number of rotatable bonds is 7. The molecule has 1 N–H and O–H groups in total. The van der Waals surface area contributed by atoms with Crippen LogP contribution in [-0.2, 0) is 13.0 Å². The standard InChI is InChI=1S/C18H22FNO/c1-3-20-11-10-15-6-4-5-7-16(15)13-21-18-12-17(19)9-8-14(18)2/h4-9,12,20H,3,10-11,13H2,1-2H3. The molecule has 0 saturated carbocycles. The number of nitrogens with one attached hydrogen (secondary N) is 1. The zero-order chi connectivity index (χ0) is 15.1. The average Bonchev–Trinajstić information content (AvgIpc) is 2.49. The molecule has 2 rings (SSSR count). The summed E-state index contributed by atoms with van der Waals surface area (Å²) < 4.78 is 19.1. The molecule has 0 aliphatic heterocycles. The molecular formula is C18H22FNO. The summed E-state index contributed by atoms with van der Waals surface area (Å²) in [5.74, 6) is 0.340. The minimum Gasteiger partial charge on any atom is -0.489 e. The van der Waals surface area contributed by atoms with Gasteiger partial charge in [-0.1, -0.05) is 37.3 Å². The highest BCUT2D eigenvalue weighted by Crippen LogP contribution is 2.21. The second kappa shape index (κ2) is 7.79. The van der Waals surface area contributed by atoms with E-state index in [0.29, 0.717) is 12.4 Å². The number of ether oxygens (including phenoxy) is 1. The molecule has 0 heterocycles. The lowest BCUT2D eigenvalue weighted by molar-refractivity contribution is 0.301. The lowest BCUT2D eigenvalue weighted by atomic mass is 10.1. The Hall–Kier alpha value is -1.87. The quantitative estimate of drug-likeness (QED) is 0.781. The first-order valence-electron chi connectivity index (χ1n) is 7.37. The van der Waals surface area contributed by atoms with E-state index in [1.165, 1.54) is 17.7 Å². The molecule has 112 valence electrons. The Kier molecular flexibility index (Phi) is 5.76. The van der Waals surface area contributed by atoms with E-state index in [-0.39, 0.29) is 5.82 Å². The van der Waals surface area contributed by atoms with Gasteiger partial charge in [0.05, 0.1) is 0 Å². The predicted octanol–water partition coefficient (Wildman–Crippen LogP) is 3.87. The number of likely N-dealkylation sites (N-methyl/N-ethyl adjacent to an activating group) is 1.